The van der Waals surface area contributed by atoms with Crippen molar-refractivity contribution in [3.05, 3.63) is 70.5 Å². The molecule has 0 aromatic heterocycles. The number of halogens is 2. The molecule has 2 aromatic carbocycles. The lowest BCUT2D eigenvalue weighted by molar-refractivity contribution is -0.0346. The number of hydrogen-bond acceptors (Lipinski definition) is 4. The minimum atomic E-state index is -0.401. The SMILES string of the molecule is COCCN(CC1CN(C(=O)c2ccc(Cl)cc2)CCO1)C(=O)c1ccc(F)cc1. The summed E-state index contributed by atoms with van der Waals surface area (Å²) in [5.41, 5.74) is 0.941. The molecule has 1 aliphatic heterocycles. The molecule has 0 bridgehead atoms. The fourth-order valence-electron chi connectivity index (χ4n) is 3.29. The molecule has 3 rings (SSSR count). The number of carbonyl (C=O) groups excluding carboxylic acids is 2. The Morgan fingerprint density at radius 1 is 1.17 bits per heavy atom. The van der Waals surface area contributed by atoms with E-state index in [0.29, 0.717) is 55.5 Å². The first-order chi connectivity index (χ1) is 14.5. The van der Waals surface area contributed by atoms with E-state index >= 15 is 0 Å². The Balaban J connectivity index is 1.67. The van der Waals surface area contributed by atoms with Gasteiger partial charge in [-0.2, -0.15) is 0 Å². The van der Waals surface area contributed by atoms with Crippen LogP contribution >= 0.6 is 11.6 Å². The number of amides is 2. The van der Waals surface area contributed by atoms with E-state index in [1.807, 2.05) is 0 Å². The van der Waals surface area contributed by atoms with Crippen molar-refractivity contribution in [2.24, 2.45) is 0 Å². The maximum absolute atomic E-state index is 13.2. The summed E-state index contributed by atoms with van der Waals surface area (Å²) in [5.74, 6) is -0.743. The van der Waals surface area contributed by atoms with Gasteiger partial charge < -0.3 is 19.3 Å². The maximum atomic E-state index is 13.2. The highest BCUT2D eigenvalue weighted by Crippen LogP contribution is 2.16. The molecule has 1 fully saturated rings. The second kappa shape index (κ2) is 10.5. The molecule has 1 aliphatic rings. The van der Waals surface area contributed by atoms with Gasteiger partial charge in [-0.3, -0.25) is 9.59 Å². The van der Waals surface area contributed by atoms with Gasteiger partial charge in [-0.25, -0.2) is 4.39 Å². The lowest BCUT2D eigenvalue weighted by Gasteiger charge is -2.36. The minimum absolute atomic E-state index is 0.103. The molecule has 0 aliphatic carbocycles. The zero-order chi connectivity index (χ0) is 21.5. The third kappa shape index (κ3) is 5.78. The van der Waals surface area contributed by atoms with Crippen LogP contribution in [0.1, 0.15) is 20.7 Å². The van der Waals surface area contributed by atoms with Gasteiger partial charge in [0.2, 0.25) is 0 Å². The molecule has 2 amide bonds. The number of hydrogen-bond donors (Lipinski definition) is 0. The van der Waals surface area contributed by atoms with E-state index < -0.39 is 5.82 Å². The molecule has 1 unspecified atom stereocenters. The number of nitrogens with zero attached hydrogens (tertiary/aromatic N) is 2. The summed E-state index contributed by atoms with van der Waals surface area (Å²) >= 11 is 5.90. The Labute approximate surface area is 180 Å². The topological polar surface area (TPSA) is 59.1 Å². The van der Waals surface area contributed by atoms with Gasteiger partial charge in [0, 0.05) is 49.4 Å². The Kier molecular flexibility index (Phi) is 7.79. The summed E-state index contributed by atoms with van der Waals surface area (Å²) in [6, 6.07) is 12.2. The van der Waals surface area contributed by atoms with Crippen LogP contribution in [-0.2, 0) is 9.47 Å². The highest BCUT2D eigenvalue weighted by atomic mass is 35.5. The van der Waals surface area contributed by atoms with Gasteiger partial charge in [0.05, 0.1) is 19.3 Å². The summed E-state index contributed by atoms with van der Waals surface area (Å²) < 4.78 is 24.1. The average molecular weight is 435 g/mol. The second-order valence-corrected chi connectivity index (χ2v) is 7.44. The third-order valence-corrected chi connectivity index (χ3v) is 5.14. The first-order valence-corrected chi connectivity index (χ1v) is 10.1. The monoisotopic (exact) mass is 434 g/mol. The summed E-state index contributed by atoms with van der Waals surface area (Å²) in [4.78, 5) is 29.0. The minimum Gasteiger partial charge on any atom is -0.383 e. The van der Waals surface area contributed by atoms with Gasteiger partial charge in [-0.15, -0.1) is 0 Å². The first-order valence-electron chi connectivity index (χ1n) is 9.68. The Hall–Kier alpha value is -2.48. The maximum Gasteiger partial charge on any atom is 0.254 e. The summed E-state index contributed by atoms with van der Waals surface area (Å²) in [6.45, 7) is 2.23. The van der Waals surface area contributed by atoms with Crippen LogP contribution in [0.2, 0.25) is 5.02 Å². The van der Waals surface area contributed by atoms with Crippen molar-refractivity contribution in [1.82, 2.24) is 9.80 Å². The van der Waals surface area contributed by atoms with Crippen LogP contribution in [0.4, 0.5) is 4.39 Å². The van der Waals surface area contributed by atoms with E-state index in [4.69, 9.17) is 21.1 Å². The van der Waals surface area contributed by atoms with E-state index in [1.165, 1.54) is 24.3 Å². The van der Waals surface area contributed by atoms with E-state index in [-0.39, 0.29) is 17.9 Å². The fourth-order valence-corrected chi connectivity index (χ4v) is 3.41. The summed E-state index contributed by atoms with van der Waals surface area (Å²) in [6.07, 6.45) is -0.337. The standard InChI is InChI=1S/C22H24ClFN2O4/c1-29-12-10-25(22(28)17-4-8-19(24)9-5-17)14-20-15-26(11-13-30-20)21(27)16-2-6-18(23)7-3-16/h2-9,20H,10-15H2,1H3. The lowest BCUT2D eigenvalue weighted by Crippen LogP contribution is -2.51. The molecule has 1 heterocycles. The molecule has 160 valence electrons. The highest BCUT2D eigenvalue weighted by molar-refractivity contribution is 6.30. The smallest absolute Gasteiger partial charge is 0.254 e. The molecule has 0 spiro atoms. The van der Waals surface area contributed by atoms with Gasteiger partial charge in [-0.05, 0) is 48.5 Å². The van der Waals surface area contributed by atoms with Crippen molar-refractivity contribution in [3.8, 4) is 0 Å². The van der Waals surface area contributed by atoms with Gasteiger partial charge in [0.15, 0.2) is 0 Å². The van der Waals surface area contributed by atoms with Gasteiger partial charge in [0.1, 0.15) is 5.82 Å². The number of rotatable bonds is 7. The summed E-state index contributed by atoms with van der Waals surface area (Å²) in [5, 5.41) is 0.569. The van der Waals surface area contributed by atoms with Crippen LogP contribution in [-0.4, -0.2) is 74.2 Å². The molecule has 0 N–H and O–H groups in total. The Morgan fingerprint density at radius 2 is 1.83 bits per heavy atom. The first kappa shape index (κ1) is 22.2. The van der Waals surface area contributed by atoms with Crippen molar-refractivity contribution in [3.63, 3.8) is 0 Å². The molecule has 0 radical (unpaired) electrons. The van der Waals surface area contributed by atoms with Crippen molar-refractivity contribution >= 4 is 23.4 Å². The van der Waals surface area contributed by atoms with Crippen LogP contribution in [0.15, 0.2) is 48.5 Å². The molecule has 0 saturated carbocycles. The van der Waals surface area contributed by atoms with Crippen molar-refractivity contribution in [1.29, 1.82) is 0 Å². The number of ether oxygens (including phenoxy) is 2. The summed E-state index contributed by atoms with van der Waals surface area (Å²) in [7, 11) is 1.56. The van der Waals surface area contributed by atoms with Crippen LogP contribution < -0.4 is 0 Å². The predicted molar refractivity (Wildman–Crippen MR) is 111 cm³/mol. The number of morpholine rings is 1. The van der Waals surface area contributed by atoms with Crippen LogP contribution in [0, 0.1) is 5.82 Å². The Bertz CT molecular complexity index is 860. The molecule has 30 heavy (non-hydrogen) atoms. The zero-order valence-corrected chi connectivity index (χ0v) is 17.5. The highest BCUT2D eigenvalue weighted by Gasteiger charge is 2.28. The van der Waals surface area contributed by atoms with Crippen molar-refractivity contribution in [2.75, 3.05) is 46.5 Å². The van der Waals surface area contributed by atoms with Gasteiger partial charge in [-0.1, -0.05) is 11.6 Å². The number of benzene rings is 2. The molecule has 1 atom stereocenters. The molecular weight excluding hydrogens is 411 g/mol. The number of methoxy groups -OCH3 is 1. The van der Waals surface area contributed by atoms with E-state index in [2.05, 4.69) is 0 Å². The zero-order valence-electron chi connectivity index (χ0n) is 16.7. The van der Waals surface area contributed by atoms with Crippen LogP contribution in [0.5, 0.6) is 0 Å². The molecular formula is C22H24ClFN2O4. The van der Waals surface area contributed by atoms with Crippen molar-refractivity contribution in [2.45, 2.75) is 6.10 Å². The Morgan fingerprint density at radius 3 is 2.50 bits per heavy atom. The predicted octanol–water partition coefficient (Wildman–Crippen LogP) is 3.11. The third-order valence-electron chi connectivity index (χ3n) is 4.88. The van der Waals surface area contributed by atoms with E-state index in [0.717, 1.165) is 0 Å². The normalized spacial score (nSPS) is 16.4. The van der Waals surface area contributed by atoms with Crippen LogP contribution in [0.25, 0.3) is 0 Å². The van der Waals surface area contributed by atoms with Gasteiger partial charge in [0.25, 0.3) is 11.8 Å². The largest absolute Gasteiger partial charge is 0.383 e. The molecule has 2 aromatic rings. The molecule has 1 saturated heterocycles. The second-order valence-electron chi connectivity index (χ2n) is 7.00. The average Bonchev–Trinajstić information content (AvgIpc) is 2.77. The lowest BCUT2D eigenvalue weighted by atomic mass is 10.1. The van der Waals surface area contributed by atoms with Crippen molar-refractivity contribution < 1.29 is 23.5 Å². The van der Waals surface area contributed by atoms with E-state index in [9.17, 15) is 14.0 Å². The number of carbonyl (C=O) groups is 2. The molecule has 8 heteroatoms. The quantitative estimate of drug-likeness (QED) is 0.672. The fraction of sp³-hybridized carbons (Fsp3) is 0.364. The van der Waals surface area contributed by atoms with Gasteiger partial charge >= 0.3 is 0 Å². The molecule has 6 nitrogen and oxygen atoms in total. The van der Waals surface area contributed by atoms with E-state index in [1.54, 1.807) is 41.2 Å². The van der Waals surface area contributed by atoms with Crippen LogP contribution in [0.3, 0.4) is 0 Å².